The van der Waals surface area contributed by atoms with Gasteiger partial charge in [-0.15, -0.1) is 0 Å². The van der Waals surface area contributed by atoms with Crippen molar-refractivity contribution >= 4 is 11.8 Å². The molecule has 0 aliphatic carbocycles. The van der Waals surface area contributed by atoms with E-state index in [4.69, 9.17) is 0 Å². The molecule has 5 heteroatoms. The largest absolute Gasteiger partial charge is 0.354 e. The smallest absolute Gasteiger partial charge is 0.270 e. The summed E-state index contributed by atoms with van der Waals surface area (Å²) in [7, 11) is 1.54. The number of aromatic nitrogens is 1. The molecule has 0 atom stereocenters. The van der Waals surface area contributed by atoms with Gasteiger partial charge in [0.1, 0.15) is 5.69 Å². The SMILES string of the molecule is CNC(=O)c1cccn1NC(=O)c1ccccc1. The molecule has 0 bridgehead atoms. The highest BCUT2D eigenvalue weighted by Crippen LogP contribution is 2.03. The van der Waals surface area contributed by atoms with Gasteiger partial charge in [-0.3, -0.25) is 19.7 Å². The topological polar surface area (TPSA) is 63.1 Å². The molecule has 0 aliphatic rings. The number of amides is 2. The zero-order valence-electron chi connectivity index (χ0n) is 9.88. The number of carbonyl (C=O) groups is 2. The molecular weight excluding hydrogens is 230 g/mol. The third kappa shape index (κ3) is 2.40. The molecule has 1 aromatic carbocycles. The van der Waals surface area contributed by atoms with E-state index in [0.29, 0.717) is 11.3 Å². The van der Waals surface area contributed by atoms with Crippen molar-refractivity contribution in [1.82, 2.24) is 9.99 Å². The van der Waals surface area contributed by atoms with Crippen molar-refractivity contribution in [3.63, 3.8) is 0 Å². The second-order valence-corrected chi connectivity index (χ2v) is 3.65. The number of rotatable bonds is 3. The van der Waals surface area contributed by atoms with Crippen molar-refractivity contribution in [1.29, 1.82) is 0 Å². The Hall–Kier alpha value is -2.56. The van der Waals surface area contributed by atoms with Crippen molar-refractivity contribution in [2.24, 2.45) is 0 Å². The first-order chi connectivity index (χ1) is 8.72. The number of hydrogen-bond acceptors (Lipinski definition) is 2. The molecule has 2 rings (SSSR count). The molecule has 92 valence electrons. The summed E-state index contributed by atoms with van der Waals surface area (Å²) in [6.07, 6.45) is 1.62. The molecule has 0 saturated carbocycles. The molecule has 0 fully saturated rings. The molecular formula is C13H13N3O2. The summed E-state index contributed by atoms with van der Waals surface area (Å²) in [4.78, 5) is 23.4. The first-order valence-electron chi connectivity index (χ1n) is 5.48. The van der Waals surface area contributed by atoms with Crippen LogP contribution in [0.25, 0.3) is 0 Å². The van der Waals surface area contributed by atoms with Crippen LogP contribution in [0.1, 0.15) is 20.8 Å². The van der Waals surface area contributed by atoms with Gasteiger partial charge in [-0.2, -0.15) is 0 Å². The van der Waals surface area contributed by atoms with Crippen molar-refractivity contribution in [2.75, 3.05) is 12.5 Å². The standard InChI is InChI=1S/C13H13N3O2/c1-14-13(18)11-8-5-9-16(11)15-12(17)10-6-3-2-4-7-10/h2-9H,1H3,(H,14,18)(H,15,17). The second-order valence-electron chi connectivity index (χ2n) is 3.65. The van der Waals surface area contributed by atoms with E-state index in [1.807, 2.05) is 6.07 Å². The quantitative estimate of drug-likeness (QED) is 0.851. The summed E-state index contributed by atoms with van der Waals surface area (Å²) >= 11 is 0. The minimum atomic E-state index is -0.267. The predicted molar refractivity (Wildman–Crippen MR) is 68.0 cm³/mol. The molecule has 5 nitrogen and oxygen atoms in total. The van der Waals surface area contributed by atoms with Crippen LogP contribution in [0.3, 0.4) is 0 Å². The lowest BCUT2D eigenvalue weighted by Crippen LogP contribution is -2.29. The van der Waals surface area contributed by atoms with E-state index in [1.165, 1.54) is 4.68 Å². The second kappa shape index (κ2) is 5.18. The zero-order valence-corrected chi connectivity index (χ0v) is 9.88. The van der Waals surface area contributed by atoms with Gasteiger partial charge in [-0.25, -0.2) is 0 Å². The average Bonchev–Trinajstić information content (AvgIpc) is 2.87. The van der Waals surface area contributed by atoms with Crippen LogP contribution in [0.15, 0.2) is 48.7 Å². The highest BCUT2D eigenvalue weighted by Gasteiger charge is 2.11. The van der Waals surface area contributed by atoms with E-state index in [-0.39, 0.29) is 11.8 Å². The Morgan fingerprint density at radius 1 is 1.00 bits per heavy atom. The van der Waals surface area contributed by atoms with Gasteiger partial charge in [0.05, 0.1) is 0 Å². The molecule has 0 saturated heterocycles. The van der Waals surface area contributed by atoms with Crippen molar-refractivity contribution < 1.29 is 9.59 Å². The summed E-state index contributed by atoms with van der Waals surface area (Å²) in [5.41, 5.74) is 3.55. The van der Waals surface area contributed by atoms with E-state index in [2.05, 4.69) is 10.7 Å². The molecule has 2 N–H and O–H groups in total. The number of nitrogens with zero attached hydrogens (tertiary/aromatic N) is 1. The number of nitrogens with one attached hydrogen (secondary N) is 2. The monoisotopic (exact) mass is 243 g/mol. The number of hydrogen-bond donors (Lipinski definition) is 2. The fourth-order valence-electron chi connectivity index (χ4n) is 1.55. The van der Waals surface area contributed by atoms with Gasteiger partial charge in [0.2, 0.25) is 0 Å². The van der Waals surface area contributed by atoms with Crippen LogP contribution in [0.5, 0.6) is 0 Å². The highest BCUT2D eigenvalue weighted by atomic mass is 16.2. The van der Waals surface area contributed by atoms with E-state index >= 15 is 0 Å². The summed E-state index contributed by atoms with van der Waals surface area (Å²) < 4.78 is 1.40. The Morgan fingerprint density at radius 2 is 1.72 bits per heavy atom. The summed E-state index contributed by atoms with van der Waals surface area (Å²) in [5, 5.41) is 2.51. The van der Waals surface area contributed by atoms with Crippen LogP contribution in [0.2, 0.25) is 0 Å². The maximum atomic E-state index is 11.9. The molecule has 18 heavy (non-hydrogen) atoms. The number of benzene rings is 1. The third-order valence-electron chi connectivity index (χ3n) is 2.47. The van der Waals surface area contributed by atoms with Crippen LogP contribution in [0.4, 0.5) is 0 Å². The van der Waals surface area contributed by atoms with Crippen LogP contribution in [-0.2, 0) is 0 Å². The first-order valence-corrected chi connectivity index (χ1v) is 5.48. The molecule has 0 radical (unpaired) electrons. The van der Waals surface area contributed by atoms with Gasteiger partial charge < -0.3 is 5.32 Å². The molecule has 0 aliphatic heterocycles. The van der Waals surface area contributed by atoms with Gasteiger partial charge in [-0.1, -0.05) is 18.2 Å². The minimum Gasteiger partial charge on any atom is -0.354 e. The van der Waals surface area contributed by atoms with Crippen LogP contribution >= 0.6 is 0 Å². The summed E-state index contributed by atoms with van der Waals surface area (Å²) in [6.45, 7) is 0. The molecule has 2 aromatic rings. The molecule has 1 heterocycles. The lowest BCUT2D eigenvalue weighted by atomic mass is 10.2. The first kappa shape index (κ1) is 11.9. The molecule has 2 amide bonds. The molecule has 0 spiro atoms. The average molecular weight is 243 g/mol. The Morgan fingerprint density at radius 3 is 2.39 bits per heavy atom. The molecule has 0 unspecified atom stereocenters. The Balaban J connectivity index is 2.18. The van der Waals surface area contributed by atoms with Crippen LogP contribution in [-0.4, -0.2) is 23.5 Å². The molecule has 1 aromatic heterocycles. The van der Waals surface area contributed by atoms with Gasteiger partial charge in [0.25, 0.3) is 11.8 Å². The van der Waals surface area contributed by atoms with Crippen molar-refractivity contribution in [2.45, 2.75) is 0 Å². The van der Waals surface area contributed by atoms with Gasteiger partial charge in [0, 0.05) is 18.8 Å². The lowest BCUT2D eigenvalue weighted by molar-refractivity contribution is 0.0953. The minimum absolute atomic E-state index is 0.256. The van der Waals surface area contributed by atoms with E-state index in [1.54, 1.807) is 49.6 Å². The normalized spacial score (nSPS) is 9.83. The maximum absolute atomic E-state index is 11.9. The third-order valence-corrected chi connectivity index (χ3v) is 2.47. The van der Waals surface area contributed by atoms with Gasteiger partial charge in [-0.05, 0) is 24.3 Å². The van der Waals surface area contributed by atoms with E-state index in [0.717, 1.165) is 0 Å². The van der Waals surface area contributed by atoms with E-state index < -0.39 is 0 Å². The van der Waals surface area contributed by atoms with E-state index in [9.17, 15) is 9.59 Å². The Labute approximate surface area is 104 Å². The summed E-state index contributed by atoms with van der Waals surface area (Å²) in [6, 6.07) is 12.1. The predicted octanol–water partition coefficient (Wildman–Crippen LogP) is 1.23. The summed E-state index contributed by atoms with van der Waals surface area (Å²) in [5.74, 6) is -0.523. The Bertz CT molecular complexity index is 561. The Kier molecular flexibility index (Phi) is 3.43. The highest BCUT2D eigenvalue weighted by molar-refractivity contribution is 6.01. The lowest BCUT2D eigenvalue weighted by Gasteiger charge is -2.09. The number of carbonyl (C=O) groups excluding carboxylic acids is 2. The van der Waals surface area contributed by atoms with Crippen LogP contribution < -0.4 is 10.7 Å². The van der Waals surface area contributed by atoms with Gasteiger partial charge in [0.15, 0.2) is 0 Å². The fourth-order valence-corrected chi connectivity index (χ4v) is 1.55. The van der Waals surface area contributed by atoms with Crippen LogP contribution in [0, 0.1) is 0 Å². The zero-order chi connectivity index (χ0) is 13.0. The maximum Gasteiger partial charge on any atom is 0.270 e. The van der Waals surface area contributed by atoms with Crippen molar-refractivity contribution in [3.8, 4) is 0 Å². The van der Waals surface area contributed by atoms with Gasteiger partial charge >= 0.3 is 0 Å². The van der Waals surface area contributed by atoms with Crippen molar-refractivity contribution in [3.05, 3.63) is 59.9 Å². The fraction of sp³-hybridized carbons (Fsp3) is 0.0769.